The summed E-state index contributed by atoms with van der Waals surface area (Å²) in [5, 5.41) is 7.27. The summed E-state index contributed by atoms with van der Waals surface area (Å²) in [5.41, 5.74) is 2.18. The number of aromatic nitrogens is 4. The lowest BCUT2D eigenvalue weighted by atomic mass is 10.2. The minimum Gasteiger partial charge on any atom is -0.411 e. The van der Waals surface area contributed by atoms with E-state index < -0.39 is 0 Å². The molecule has 0 aliphatic heterocycles. The van der Waals surface area contributed by atoms with Gasteiger partial charge in [-0.1, -0.05) is 12.1 Å². The first-order valence-electron chi connectivity index (χ1n) is 5.02. The van der Waals surface area contributed by atoms with Crippen LogP contribution >= 0.6 is 0 Å². The molecular formula is C12H7N4O. The third-order valence-corrected chi connectivity index (χ3v) is 2.22. The van der Waals surface area contributed by atoms with Gasteiger partial charge < -0.3 is 4.42 Å². The lowest BCUT2D eigenvalue weighted by Gasteiger charge is -2.00. The molecule has 0 saturated heterocycles. The van der Waals surface area contributed by atoms with Gasteiger partial charge in [0.1, 0.15) is 5.69 Å². The summed E-state index contributed by atoms with van der Waals surface area (Å²) in [6, 6.07) is 11.2. The highest BCUT2D eigenvalue weighted by atomic mass is 16.4. The fraction of sp³-hybridized carbons (Fsp3) is 0. The van der Waals surface area contributed by atoms with E-state index in [-0.39, 0.29) is 0 Å². The van der Waals surface area contributed by atoms with Crippen molar-refractivity contribution in [2.75, 3.05) is 0 Å². The Bertz CT molecular complexity index is 607. The van der Waals surface area contributed by atoms with E-state index in [1.807, 2.05) is 30.3 Å². The summed E-state index contributed by atoms with van der Waals surface area (Å²) in [5.74, 6) is 0.350. The summed E-state index contributed by atoms with van der Waals surface area (Å²) in [4.78, 5) is 8.64. The van der Waals surface area contributed by atoms with Gasteiger partial charge in [-0.25, -0.2) is 4.98 Å². The molecule has 3 heterocycles. The van der Waals surface area contributed by atoms with Crippen molar-refractivity contribution in [1.82, 2.24) is 20.2 Å². The van der Waals surface area contributed by atoms with Crippen molar-refractivity contribution >= 4 is 0 Å². The quantitative estimate of drug-likeness (QED) is 0.664. The van der Waals surface area contributed by atoms with Gasteiger partial charge in [-0.3, -0.25) is 4.98 Å². The van der Waals surface area contributed by atoms with Gasteiger partial charge in [0.15, 0.2) is 0 Å². The first-order chi connectivity index (χ1) is 8.43. The van der Waals surface area contributed by atoms with Crippen LogP contribution < -0.4 is 0 Å². The van der Waals surface area contributed by atoms with Crippen molar-refractivity contribution in [3.8, 4) is 23.0 Å². The molecule has 0 amide bonds. The molecule has 5 heteroatoms. The molecule has 0 atom stereocenters. The summed E-state index contributed by atoms with van der Waals surface area (Å²) < 4.78 is 4.98. The maximum atomic E-state index is 4.98. The molecule has 5 nitrogen and oxygen atoms in total. The Balaban J connectivity index is 2.06. The SMILES string of the molecule is [c]1nnc(-c2cccc(-c3ccccn3)n2)o1. The highest BCUT2D eigenvalue weighted by molar-refractivity contribution is 5.58. The molecule has 0 aromatic carbocycles. The van der Waals surface area contributed by atoms with Gasteiger partial charge in [0, 0.05) is 6.20 Å². The molecule has 81 valence electrons. The molecule has 1 radical (unpaired) electrons. The Kier molecular flexibility index (Phi) is 2.34. The largest absolute Gasteiger partial charge is 0.411 e. The molecule has 0 saturated carbocycles. The smallest absolute Gasteiger partial charge is 0.306 e. The van der Waals surface area contributed by atoms with Crippen LogP contribution in [0.15, 0.2) is 47.0 Å². The maximum Gasteiger partial charge on any atom is 0.306 e. The predicted octanol–water partition coefficient (Wildman–Crippen LogP) is 1.99. The van der Waals surface area contributed by atoms with E-state index in [0.717, 1.165) is 11.4 Å². The highest BCUT2D eigenvalue weighted by Gasteiger charge is 2.07. The number of nitrogens with zero attached hydrogens (tertiary/aromatic N) is 4. The summed E-state index contributed by atoms with van der Waals surface area (Å²) in [6.07, 6.45) is 4.02. The molecule has 3 aromatic rings. The van der Waals surface area contributed by atoms with Crippen LogP contribution in [0.25, 0.3) is 23.0 Å². The molecule has 0 bridgehead atoms. The minimum absolute atomic E-state index is 0.350. The van der Waals surface area contributed by atoms with Crippen LogP contribution in [0.5, 0.6) is 0 Å². The van der Waals surface area contributed by atoms with Gasteiger partial charge in [0.25, 0.3) is 5.89 Å². The Morgan fingerprint density at radius 2 is 1.82 bits per heavy atom. The maximum absolute atomic E-state index is 4.98. The standard InChI is InChI=1S/C12H7N4O/c1-2-7-13-9(4-1)10-5-3-6-11(15-10)12-16-14-8-17-12/h1-7H. The molecule has 0 aliphatic rings. The third kappa shape index (κ3) is 1.90. The Labute approximate surface area is 97.2 Å². The Morgan fingerprint density at radius 3 is 2.59 bits per heavy atom. The van der Waals surface area contributed by atoms with E-state index in [2.05, 4.69) is 26.6 Å². The molecular weight excluding hydrogens is 216 g/mol. The monoisotopic (exact) mass is 223 g/mol. The van der Waals surface area contributed by atoms with Crippen molar-refractivity contribution in [3.05, 3.63) is 49.0 Å². The highest BCUT2D eigenvalue weighted by Crippen LogP contribution is 2.18. The fourth-order valence-corrected chi connectivity index (χ4v) is 1.46. The van der Waals surface area contributed by atoms with Gasteiger partial charge in [-0.2, -0.15) is 0 Å². The Hall–Kier alpha value is -2.56. The number of rotatable bonds is 2. The molecule has 3 rings (SSSR count). The van der Waals surface area contributed by atoms with Crippen molar-refractivity contribution < 1.29 is 4.42 Å². The van der Waals surface area contributed by atoms with Crippen LogP contribution in [-0.4, -0.2) is 20.2 Å². The Morgan fingerprint density at radius 1 is 0.941 bits per heavy atom. The van der Waals surface area contributed by atoms with Crippen LogP contribution in [0.3, 0.4) is 0 Å². The molecule has 17 heavy (non-hydrogen) atoms. The molecule has 0 fully saturated rings. The van der Waals surface area contributed by atoms with E-state index >= 15 is 0 Å². The van der Waals surface area contributed by atoms with E-state index in [9.17, 15) is 0 Å². The van der Waals surface area contributed by atoms with Crippen molar-refractivity contribution in [1.29, 1.82) is 0 Å². The second-order valence-electron chi connectivity index (χ2n) is 3.32. The molecule has 0 N–H and O–H groups in total. The average Bonchev–Trinajstić information content (AvgIpc) is 2.94. The van der Waals surface area contributed by atoms with E-state index in [0.29, 0.717) is 11.6 Å². The number of hydrogen-bond acceptors (Lipinski definition) is 5. The lowest BCUT2D eigenvalue weighted by molar-refractivity contribution is 0.557. The predicted molar refractivity (Wildman–Crippen MR) is 59.6 cm³/mol. The van der Waals surface area contributed by atoms with Crippen LogP contribution in [0, 0.1) is 6.39 Å². The van der Waals surface area contributed by atoms with E-state index in [4.69, 9.17) is 4.42 Å². The summed E-state index contributed by atoms with van der Waals surface area (Å²) in [7, 11) is 0. The van der Waals surface area contributed by atoms with E-state index in [1.54, 1.807) is 12.3 Å². The van der Waals surface area contributed by atoms with Crippen LogP contribution in [0.2, 0.25) is 0 Å². The van der Waals surface area contributed by atoms with Gasteiger partial charge in [-0.15, -0.1) is 10.2 Å². The van der Waals surface area contributed by atoms with Gasteiger partial charge >= 0.3 is 6.39 Å². The first kappa shape index (κ1) is 9.65. The van der Waals surface area contributed by atoms with Crippen molar-refractivity contribution in [3.63, 3.8) is 0 Å². The second-order valence-corrected chi connectivity index (χ2v) is 3.32. The molecule has 0 aliphatic carbocycles. The van der Waals surface area contributed by atoms with Gasteiger partial charge in [-0.05, 0) is 24.3 Å². The number of pyridine rings is 2. The zero-order valence-corrected chi connectivity index (χ0v) is 8.74. The second kappa shape index (κ2) is 4.13. The van der Waals surface area contributed by atoms with Crippen LogP contribution in [0.4, 0.5) is 0 Å². The normalized spacial score (nSPS) is 10.4. The fourth-order valence-electron chi connectivity index (χ4n) is 1.46. The van der Waals surface area contributed by atoms with Gasteiger partial charge in [0.2, 0.25) is 0 Å². The van der Waals surface area contributed by atoms with Crippen LogP contribution in [0.1, 0.15) is 0 Å². The van der Waals surface area contributed by atoms with Gasteiger partial charge in [0.05, 0.1) is 11.4 Å². The summed E-state index contributed by atoms with van der Waals surface area (Å²) in [6.45, 7) is 0. The molecule has 3 aromatic heterocycles. The summed E-state index contributed by atoms with van der Waals surface area (Å²) >= 11 is 0. The molecule has 0 unspecified atom stereocenters. The topological polar surface area (TPSA) is 64.7 Å². The minimum atomic E-state index is 0.350. The lowest BCUT2D eigenvalue weighted by Crippen LogP contribution is -1.89. The van der Waals surface area contributed by atoms with Crippen LogP contribution in [-0.2, 0) is 0 Å². The zero-order valence-electron chi connectivity index (χ0n) is 8.74. The van der Waals surface area contributed by atoms with Crippen molar-refractivity contribution in [2.24, 2.45) is 0 Å². The zero-order chi connectivity index (χ0) is 11.5. The average molecular weight is 223 g/mol. The first-order valence-corrected chi connectivity index (χ1v) is 5.02. The third-order valence-electron chi connectivity index (χ3n) is 2.22. The van der Waals surface area contributed by atoms with Crippen molar-refractivity contribution in [2.45, 2.75) is 0 Å². The van der Waals surface area contributed by atoms with E-state index in [1.165, 1.54) is 0 Å². The molecule has 0 spiro atoms. The number of hydrogen-bond donors (Lipinski definition) is 0.